The van der Waals surface area contributed by atoms with E-state index in [1.807, 2.05) is 13.8 Å². The molecule has 0 fully saturated rings. The van der Waals surface area contributed by atoms with Gasteiger partial charge in [0.15, 0.2) is 0 Å². The number of hydrogen-bond acceptors (Lipinski definition) is 3. The van der Waals surface area contributed by atoms with Crippen LogP contribution in [0.25, 0.3) is 0 Å². The van der Waals surface area contributed by atoms with Gasteiger partial charge in [0, 0.05) is 6.92 Å². The minimum absolute atomic E-state index is 0.228. The van der Waals surface area contributed by atoms with Gasteiger partial charge in [0.05, 0.1) is 17.7 Å². The maximum atomic E-state index is 11.8. The third-order valence-electron chi connectivity index (χ3n) is 6.43. The van der Waals surface area contributed by atoms with Gasteiger partial charge in [-0.3, -0.25) is 4.79 Å². The van der Waals surface area contributed by atoms with E-state index in [4.69, 9.17) is 0 Å². The minimum Gasteiger partial charge on any atom is -0.394 e. The molecule has 3 N–H and O–H groups in total. The lowest BCUT2D eigenvalue weighted by molar-refractivity contribution is -0.132. The van der Waals surface area contributed by atoms with Crippen LogP contribution in [0.4, 0.5) is 0 Å². The van der Waals surface area contributed by atoms with E-state index in [1.165, 1.54) is 51.0 Å². The molecule has 1 amide bonds. The normalized spacial score (nSPS) is 13.9. The molecule has 0 radical (unpaired) electrons. The summed E-state index contributed by atoms with van der Waals surface area (Å²) in [7, 11) is 0. The second-order valence-electron chi connectivity index (χ2n) is 8.49. The van der Waals surface area contributed by atoms with E-state index in [1.54, 1.807) is 0 Å². The van der Waals surface area contributed by atoms with Gasteiger partial charge in [-0.2, -0.15) is 0 Å². The zero-order chi connectivity index (χ0) is 21.8. The highest BCUT2D eigenvalue weighted by atomic mass is 16.3. The van der Waals surface area contributed by atoms with Crippen molar-refractivity contribution in [1.29, 1.82) is 0 Å². The van der Waals surface area contributed by atoms with Gasteiger partial charge in [0.2, 0.25) is 5.91 Å². The molecule has 0 saturated carbocycles. The molecular weight excluding hydrogens is 362 g/mol. The van der Waals surface area contributed by atoms with Crippen LogP contribution in [0.3, 0.4) is 0 Å². The van der Waals surface area contributed by atoms with Crippen molar-refractivity contribution in [2.45, 2.75) is 109 Å². The number of rotatable bonds is 15. The molecule has 0 aromatic heterocycles. The fourth-order valence-corrected chi connectivity index (χ4v) is 4.28. The molecule has 0 aliphatic carbocycles. The molecule has 1 aromatic rings. The molecular formula is C25H43NO3. The average Bonchev–Trinajstić information content (AvgIpc) is 2.73. The Bertz CT molecular complexity index is 580. The van der Waals surface area contributed by atoms with Crippen LogP contribution in [0, 0.1) is 0 Å². The van der Waals surface area contributed by atoms with Crippen molar-refractivity contribution in [3.05, 3.63) is 35.4 Å². The van der Waals surface area contributed by atoms with Crippen LogP contribution in [0.5, 0.6) is 0 Å². The monoisotopic (exact) mass is 405 g/mol. The van der Waals surface area contributed by atoms with Crippen LogP contribution < -0.4 is 5.32 Å². The fourth-order valence-electron chi connectivity index (χ4n) is 4.28. The fraction of sp³-hybridized carbons (Fsp3) is 0.720. The predicted octanol–water partition coefficient (Wildman–Crippen LogP) is 4.94. The summed E-state index contributed by atoms with van der Waals surface area (Å²) in [5.74, 6) is -0.228. The van der Waals surface area contributed by atoms with Crippen LogP contribution in [0.2, 0.25) is 0 Å². The first-order chi connectivity index (χ1) is 13.9. The van der Waals surface area contributed by atoms with Crippen molar-refractivity contribution in [3.63, 3.8) is 0 Å². The smallest absolute Gasteiger partial charge is 0.217 e. The number of hydrogen-bond donors (Lipinski definition) is 3. The third kappa shape index (κ3) is 7.75. The summed E-state index contributed by atoms with van der Waals surface area (Å²) >= 11 is 0. The first-order valence-electron chi connectivity index (χ1n) is 11.6. The van der Waals surface area contributed by atoms with Crippen LogP contribution in [0.15, 0.2) is 24.3 Å². The highest BCUT2D eigenvalue weighted by molar-refractivity contribution is 5.74. The van der Waals surface area contributed by atoms with E-state index in [-0.39, 0.29) is 12.5 Å². The van der Waals surface area contributed by atoms with Gasteiger partial charge < -0.3 is 15.5 Å². The molecule has 1 atom stereocenters. The maximum absolute atomic E-state index is 11.8. The lowest BCUT2D eigenvalue weighted by atomic mass is 9.72. The van der Waals surface area contributed by atoms with Gasteiger partial charge >= 0.3 is 0 Å². The lowest BCUT2D eigenvalue weighted by Crippen LogP contribution is -2.66. The number of nitrogens with one attached hydrogen (secondary N) is 1. The number of aliphatic hydroxyl groups is 2. The Morgan fingerprint density at radius 2 is 1.41 bits per heavy atom. The Balaban J connectivity index is 2.69. The summed E-state index contributed by atoms with van der Waals surface area (Å²) in [5, 5.41) is 24.1. The van der Waals surface area contributed by atoms with Crippen molar-refractivity contribution in [2.24, 2.45) is 0 Å². The van der Waals surface area contributed by atoms with Crippen molar-refractivity contribution < 1.29 is 15.0 Å². The number of carbonyl (C=O) groups excluding carboxylic acids is 1. The number of aliphatic hydroxyl groups excluding tert-OH is 1. The van der Waals surface area contributed by atoms with Gasteiger partial charge in [-0.1, -0.05) is 77.1 Å². The molecule has 1 unspecified atom stereocenters. The van der Waals surface area contributed by atoms with Gasteiger partial charge in [0.25, 0.3) is 0 Å². The lowest BCUT2D eigenvalue weighted by Gasteiger charge is -2.46. The number of carbonyl (C=O) groups is 1. The zero-order valence-corrected chi connectivity index (χ0v) is 19.1. The highest BCUT2D eigenvalue weighted by Gasteiger charge is 2.48. The van der Waals surface area contributed by atoms with Crippen molar-refractivity contribution in [3.8, 4) is 0 Å². The molecule has 166 valence electrons. The maximum Gasteiger partial charge on any atom is 0.217 e. The van der Waals surface area contributed by atoms with E-state index in [0.29, 0.717) is 25.7 Å². The molecule has 1 aromatic carbocycles. The Hall–Kier alpha value is -1.39. The first kappa shape index (κ1) is 25.6. The van der Waals surface area contributed by atoms with E-state index in [9.17, 15) is 15.0 Å². The van der Waals surface area contributed by atoms with Crippen molar-refractivity contribution in [1.82, 2.24) is 5.32 Å². The zero-order valence-electron chi connectivity index (χ0n) is 19.1. The Labute approximate surface area is 178 Å². The highest BCUT2D eigenvalue weighted by Crippen LogP contribution is 2.33. The van der Waals surface area contributed by atoms with Gasteiger partial charge in [0.1, 0.15) is 0 Å². The summed E-state index contributed by atoms with van der Waals surface area (Å²) in [6, 6.07) is 8.65. The van der Waals surface area contributed by atoms with E-state index in [2.05, 4.69) is 36.5 Å². The Morgan fingerprint density at radius 1 is 0.897 bits per heavy atom. The Morgan fingerprint density at radius 3 is 1.90 bits per heavy atom. The minimum atomic E-state index is -1.13. The van der Waals surface area contributed by atoms with Crippen LogP contribution in [-0.4, -0.2) is 33.9 Å². The molecule has 0 aliphatic heterocycles. The van der Waals surface area contributed by atoms with Gasteiger partial charge in [-0.05, 0) is 49.7 Å². The predicted molar refractivity (Wildman–Crippen MR) is 121 cm³/mol. The molecule has 0 heterocycles. The topological polar surface area (TPSA) is 69.6 Å². The van der Waals surface area contributed by atoms with Crippen LogP contribution in [-0.2, 0) is 17.6 Å². The van der Waals surface area contributed by atoms with Gasteiger partial charge in [-0.25, -0.2) is 0 Å². The third-order valence-corrected chi connectivity index (χ3v) is 6.43. The number of amides is 1. The quantitative estimate of drug-likeness (QED) is 0.362. The summed E-state index contributed by atoms with van der Waals surface area (Å²) in [6.45, 7) is 7.20. The molecule has 1 rings (SSSR count). The van der Waals surface area contributed by atoms with E-state index in [0.717, 1.165) is 12.0 Å². The molecule has 0 saturated heterocycles. The second-order valence-corrected chi connectivity index (χ2v) is 8.49. The molecule has 4 heteroatoms. The molecule has 0 spiro atoms. The standard InChI is InChI=1S/C25H43NO3/c1-5-8-9-10-11-12-13-22-14-16-23(17-15-22)18-19-24(20-27,26-21(4)28)25(29,6-2)7-3/h14-17,27,29H,5-13,18-20H2,1-4H3,(H,26,28). The second kappa shape index (κ2) is 13.0. The first-order valence-corrected chi connectivity index (χ1v) is 11.6. The number of aryl methyl sites for hydroxylation is 2. The summed E-state index contributed by atoms with van der Waals surface area (Å²) in [4.78, 5) is 11.8. The molecule has 4 nitrogen and oxygen atoms in total. The summed E-state index contributed by atoms with van der Waals surface area (Å²) in [6.07, 6.45) is 11.1. The van der Waals surface area contributed by atoms with Crippen LogP contribution >= 0.6 is 0 Å². The Kier molecular flexibility index (Phi) is 11.5. The van der Waals surface area contributed by atoms with Crippen LogP contribution in [0.1, 0.15) is 96.6 Å². The molecule has 0 bridgehead atoms. The summed E-state index contributed by atoms with van der Waals surface area (Å²) in [5.41, 5.74) is 0.359. The SMILES string of the molecule is CCCCCCCCc1ccc(CCC(CO)(NC(C)=O)C(O)(CC)CC)cc1. The molecule has 0 aliphatic rings. The van der Waals surface area contributed by atoms with Crippen molar-refractivity contribution >= 4 is 5.91 Å². The van der Waals surface area contributed by atoms with E-state index < -0.39 is 11.1 Å². The number of benzene rings is 1. The van der Waals surface area contributed by atoms with Gasteiger partial charge in [-0.15, -0.1) is 0 Å². The number of unbranched alkanes of at least 4 members (excludes halogenated alkanes) is 5. The van der Waals surface area contributed by atoms with Crippen molar-refractivity contribution in [2.75, 3.05) is 6.61 Å². The average molecular weight is 406 g/mol. The largest absolute Gasteiger partial charge is 0.394 e. The van der Waals surface area contributed by atoms with E-state index >= 15 is 0 Å². The summed E-state index contributed by atoms with van der Waals surface area (Å²) < 4.78 is 0. The molecule has 29 heavy (non-hydrogen) atoms.